The molecule has 5 nitrogen and oxygen atoms in total. The van der Waals surface area contributed by atoms with Crippen LogP contribution in [0.3, 0.4) is 0 Å². The normalized spacial score (nSPS) is 22.9. The van der Waals surface area contributed by atoms with Gasteiger partial charge in [0, 0.05) is 20.1 Å². The monoisotopic (exact) mass is 262 g/mol. The third-order valence-electron chi connectivity index (χ3n) is 3.66. The third-order valence-corrected chi connectivity index (χ3v) is 3.66. The number of carbonyl (C=O) groups excluding carboxylic acids is 1. The van der Waals surface area contributed by atoms with E-state index in [1.807, 2.05) is 6.07 Å². The highest BCUT2D eigenvalue weighted by Crippen LogP contribution is 2.25. The minimum atomic E-state index is -0.120. The summed E-state index contributed by atoms with van der Waals surface area (Å²) in [6.45, 7) is 2.30. The Morgan fingerprint density at radius 2 is 1.89 bits per heavy atom. The summed E-state index contributed by atoms with van der Waals surface area (Å²) >= 11 is 0. The zero-order valence-electron chi connectivity index (χ0n) is 11.9. The number of carbonyl (C=O) groups is 1. The minimum Gasteiger partial charge on any atom is -0.366 e. The smallest absolute Gasteiger partial charge is 0.273 e. The molecule has 0 spiro atoms. The van der Waals surface area contributed by atoms with Gasteiger partial charge in [-0.1, -0.05) is 6.92 Å². The fraction of sp³-hybridized carbons (Fsp3) is 0.643. The van der Waals surface area contributed by atoms with E-state index in [-0.39, 0.29) is 5.91 Å². The molecule has 1 aromatic rings. The van der Waals surface area contributed by atoms with Crippen molar-refractivity contribution < 1.29 is 4.79 Å². The minimum absolute atomic E-state index is 0.120. The van der Waals surface area contributed by atoms with E-state index >= 15 is 0 Å². The van der Waals surface area contributed by atoms with Crippen molar-refractivity contribution in [3.05, 3.63) is 17.8 Å². The van der Waals surface area contributed by atoms with Gasteiger partial charge in [0.25, 0.3) is 5.91 Å². The number of amides is 1. The molecular formula is C14H22N4O. The van der Waals surface area contributed by atoms with E-state index in [0.717, 1.165) is 11.7 Å². The van der Waals surface area contributed by atoms with Gasteiger partial charge in [-0.3, -0.25) is 4.79 Å². The van der Waals surface area contributed by atoms with Crippen molar-refractivity contribution in [2.24, 2.45) is 5.92 Å². The summed E-state index contributed by atoms with van der Waals surface area (Å²) < 4.78 is 0. The highest BCUT2D eigenvalue weighted by Gasteiger charge is 2.18. The maximum absolute atomic E-state index is 11.7. The van der Waals surface area contributed by atoms with E-state index < -0.39 is 0 Å². The molecule has 0 aliphatic heterocycles. The van der Waals surface area contributed by atoms with Gasteiger partial charge in [-0.2, -0.15) is 0 Å². The summed E-state index contributed by atoms with van der Waals surface area (Å²) in [4.78, 5) is 13.2. The van der Waals surface area contributed by atoms with E-state index in [2.05, 4.69) is 22.4 Å². The molecule has 0 aromatic carbocycles. The molecule has 2 rings (SSSR count). The van der Waals surface area contributed by atoms with Gasteiger partial charge in [0.05, 0.1) is 0 Å². The van der Waals surface area contributed by atoms with Crippen molar-refractivity contribution in [1.82, 2.24) is 15.1 Å². The predicted molar refractivity (Wildman–Crippen MR) is 75.1 cm³/mol. The van der Waals surface area contributed by atoms with E-state index in [9.17, 15) is 4.79 Å². The molecule has 0 saturated heterocycles. The van der Waals surface area contributed by atoms with Gasteiger partial charge in [0.2, 0.25) is 0 Å². The molecule has 0 unspecified atom stereocenters. The SMILES string of the molecule is CC1CCC(Nc2ccc(C(=O)N(C)C)nn2)CC1. The Bertz CT molecular complexity index is 422. The van der Waals surface area contributed by atoms with Gasteiger partial charge >= 0.3 is 0 Å². The fourth-order valence-corrected chi connectivity index (χ4v) is 2.37. The number of nitrogens with zero attached hydrogens (tertiary/aromatic N) is 3. The Labute approximate surface area is 114 Å². The van der Waals surface area contributed by atoms with E-state index in [1.54, 1.807) is 20.2 Å². The van der Waals surface area contributed by atoms with Crippen molar-refractivity contribution in [2.75, 3.05) is 19.4 Å². The fourth-order valence-electron chi connectivity index (χ4n) is 2.37. The molecule has 19 heavy (non-hydrogen) atoms. The summed E-state index contributed by atoms with van der Waals surface area (Å²) in [5.74, 6) is 1.48. The molecule has 1 amide bonds. The summed E-state index contributed by atoms with van der Waals surface area (Å²) in [6.07, 6.45) is 4.90. The number of anilines is 1. The van der Waals surface area contributed by atoms with Crippen LogP contribution in [0, 0.1) is 5.92 Å². The molecular weight excluding hydrogens is 240 g/mol. The molecule has 1 aliphatic carbocycles. The lowest BCUT2D eigenvalue weighted by atomic mass is 9.87. The Morgan fingerprint density at radius 3 is 2.42 bits per heavy atom. The highest BCUT2D eigenvalue weighted by molar-refractivity contribution is 5.91. The van der Waals surface area contributed by atoms with Crippen LogP contribution in [0.4, 0.5) is 5.82 Å². The lowest BCUT2D eigenvalue weighted by Gasteiger charge is -2.27. The van der Waals surface area contributed by atoms with Crippen molar-refractivity contribution in [1.29, 1.82) is 0 Å². The average Bonchev–Trinajstić information content (AvgIpc) is 2.41. The zero-order chi connectivity index (χ0) is 13.8. The molecule has 0 atom stereocenters. The van der Waals surface area contributed by atoms with Crippen LogP contribution in [-0.2, 0) is 0 Å². The number of hydrogen-bond donors (Lipinski definition) is 1. The first-order valence-electron chi connectivity index (χ1n) is 6.88. The van der Waals surface area contributed by atoms with Crippen LogP contribution < -0.4 is 5.32 Å². The molecule has 1 aliphatic rings. The van der Waals surface area contributed by atoms with Crippen molar-refractivity contribution in [3.8, 4) is 0 Å². The van der Waals surface area contributed by atoms with Gasteiger partial charge in [-0.05, 0) is 43.7 Å². The highest BCUT2D eigenvalue weighted by atomic mass is 16.2. The Hall–Kier alpha value is -1.65. The molecule has 1 N–H and O–H groups in total. The third kappa shape index (κ3) is 3.66. The molecule has 1 aromatic heterocycles. The molecule has 1 heterocycles. The first kappa shape index (κ1) is 13.8. The van der Waals surface area contributed by atoms with Gasteiger partial charge in [0.1, 0.15) is 5.82 Å². The topological polar surface area (TPSA) is 58.1 Å². The lowest BCUT2D eigenvalue weighted by Crippen LogP contribution is -2.26. The lowest BCUT2D eigenvalue weighted by molar-refractivity contribution is 0.0821. The van der Waals surface area contributed by atoms with Crippen LogP contribution in [-0.4, -0.2) is 41.1 Å². The first-order chi connectivity index (χ1) is 9.06. The van der Waals surface area contributed by atoms with Gasteiger partial charge < -0.3 is 10.2 Å². The number of aromatic nitrogens is 2. The largest absolute Gasteiger partial charge is 0.366 e. The van der Waals surface area contributed by atoms with Crippen LogP contribution in [0.5, 0.6) is 0 Å². The van der Waals surface area contributed by atoms with E-state index in [0.29, 0.717) is 11.7 Å². The van der Waals surface area contributed by atoms with Crippen LogP contribution >= 0.6 is 0 Å². The average molecular weight is 262 g/mol. The second-order valence-corrected chi connectivity index (χ2v) is 5.60. The number of nitrogens with one attached hydrogen (secondary N) is 1. The van der Waals surface area contributed by atoms with Gasteiger partial charge in [-0.25, -0.2) is 0 Å². The summed E-state index contributed by atoms with van der Waals surface area (Å²) in [5.41, 5.74) is 0.382. The van der Waals surface area contributed by atoms with Crippen LogP contribution in [0.2, 0.25) is 0 Å². The first-order valence-corrected chi connectivity index (χ1v) is 6.88. The maximum atomic E-state index is 11.7. The summed E-state index contributed by atoms with van der Waals surface area (Å²) in [7, 11) is 3.42. The number of hydrogen-bond acceptors (Lipinski definition) is 4. The summed E-state index contributed by atoms with van der Waals surface area (Å²) in [5, 5.41) is 11.5. The molecule has 1 saturated carbocycles. The van der Waals surface area contributed by atoms with Crippen molar-refractivity contribution in [2.45, 2.75) is 38.6 Å². The predicted octanol–water partition coefficient (Wildman–Crippen LogP) is 2.17. The molecule has 0 radical (unpaired) electrons. The molecule has 1 fully saturated rings. The zero-order valence-corrected chi connectivity index (χ0v) is 11.9. The van der Waals surface area contributed by atoms with Crippen molar-refractivity contribution in [3.63, 3.8) is 0 Å². The number of rotatable bonds is 3. The van der Waals surface area contributed by atoms with E-state index in [1.165, 1.54) is 30.6 Å². The second-order valence-electron chi connectivity index (χ2n) is 5.60. The summed E-state index contributed by atoms with van der Waals surface area (Å²) in [6, 6.07) is 4.05. The van der Waals surface area contributed by atoms with Crippen LogP contribution in [0.1, 0.15) is 43.1 Å². The maximum Gasteiger partial charge on any atom is 0.273 e. The van der Waals surface area contributed by atoms with E-state index in [4.69, 9.17) is 0 Å². The standard InChI is InChI=1S/C14H22N4O/c1-10-4-6-11(7-5-10)15-13-9-8-12(16-17-13)14(19)18(2)3/h8-11H,4-7H2,1-3H3,(H,15,17). The Morgan fingerprint density at radius 1 is 1.21 bits per heavy atom. The van der Waals surface area contributed by atoms with Crippen LogP contribution in [0.25, 0.3) is 0 Å². The van der Waals surface area contributed by atoms with Gasteiger partial charge in [-0.15, -0.1) is 10.2 Å². The Kier molecular flexibility index (Phi) is 4.35. The molecule has 0 bridgehead atoms. The van der Waals surface area contributed by atoms with Crippen molar-refractivity contribution >= 4 is 11.7 Å². The Balaban J connectivity index is 1.93. The second kappa shape index (κ2) is 5.99. The van der Waals surface area contributed by atoms with Crippen LogP contribution in [0.15, 0.2) is 12.1 Å². The molecule has 5 heteroatoms. The quantitative estimate of drug-likeness (QED) is 0.907. The molecule has 104 valence electrons. The van der Waals surface area contributed by atoms with Gasteiger partial charge in [0.15, 0.2) is 5.69 Å².